The van der Waals surface area contributed by atoms with Gasteiger partial charge in [0.25, 0.3) is 0 Å². The van der Waals surface area contributed by atoms with E-state index in [4.69, 9.17) is 22.6 Å². The molecule has 16 amide bonds. The van der Waals surface area contributed by atoms with Gasteiger partial charge in [0.1, 0.15) is 72.5 Å². The number of amides is 16. The van der Waals surface area contributed by atoms with Crippen molar-refractivity contribution < 1.29 is 86.6 Å². The normalized spacial score (nSPS) is 23.6. The van der Waals surface area contributed by atoms with Crippen LogP contribution >= 0.6 is 23.1 Å². The van der Waals surface area contributed by atoms with Gasteiger partial charge in [-0.2, -0.15) is 0 Å². The van der Waals surface area contributed by atoms with E-state index in [1.165, 1.54) is 68.8 Å². The number of fused-ring (bicyclic) bond motifs is 3. The van der Waals surface area contributed by atoms with Crippen molar-refractivity contribution in [3.8, 4) is 0 Å². The molecule has 8 rings (SSSR count). The van der Waals surface area contributed by atoms with Crippen LogP contribution in [0.3, 0.4) is 0 Å². The number of para-hydroxylation sites is 1. The average Bonchev–Trinajstić information content (AvgIpc) is 1.48. The third-order valence-corrected chi connectivity index (χ3v) is 25.3. The zero-order valence-corrected chi connectivity index (χ0v) is 77.6. The molecule has 2 aliphatic heterocycles. The molecule has 2 saturated heterocycles. The third kappa shape index (κ3) is 30.4. The van der Waals surface area contributed by atoms with Crippen LogP contribution in [-0.4, -0.2) is 296 Å². The Morgan fingerprint density at radius 1 is 0.583 bits per heavy atom. The molecular formula is C90H126N22O18S2. The molecule has 132 heavy (non-hydrogen) atoms. The number of carbonyl (C=O) groups is 17. The van der Waals surface area contributed by atoms with Gasteiger partial charge in [-0.1, -0.05) is 120 Å². The Morgan fingerprint density at radius 3 is 1.86 bits per heavy atom. The molecule has 0 aliphatic carbocycles. The molecule has 2 fully saturated rings. The molecule has 3 aromatic heterocycles. The van der Waals surface area contributed by atoms with Gasteiger partial charge in [-0.15, -0.1) is 23.1 Å². The fourth-order valence-electron chi connectivity index (χ4n) is 15.9. The number of imidazole rings is 1. The van der Waals surface area contributed by atoms with Crippen LogP contribution in [0.15, 0.2) is 103 Å². The van der Waals surface area contributed by atoms with Crippen LogP contribution in [0.1, 0.15) is 140 Å². The lowest BCUT2D eigenvalue weighted by Gasteiger charge is -2.36. The first-order chi connectivity index (χ1) is 62.9. The van der Waals surface area contributed by atoms with Crippen molar-refractivity contribution in [2.24, 2.45) is 29.0 Å². The Balaban J connectivity index is 1.18. The van der Waals surface area contributed by atoms with Crippen LogP contribution in [0.4, 0.5) is 0 Å². The van der Waals surface area contributed by atoms with Crippen LogP contribution in [0.5, 0.6) is 0 Å². The van der Waals surface area contributed by atoms with Gasteiger partial charge in [0.05, 0.1) is 38.2 Å². The number of hydrogen-bond acceptors (Lipinski definition) is 22. The standard InChI is InChI=1S/C90H126N22O18S2/c1-10-12-29-70-83(124)101-62(28-21-33-96-90(93)94)80(121)107-69(79(120)98-44-75(92)116)48-131-49-76(117)100-65(36-53-23-15-14-16-24-53)86(127)109(7)52(5)77(118)103-67(41-74(91)115)88(129)112-34-22-31-71(112)84(125)102-63(40-57-43-95-50-99-57)81(122)104-64(35-51(3)4)85(126)108(6)45-58(114)38-54(37-55-42-97-61-27-19-17-25-59(55)61)78(119)106-68(46-113)82(123)105-66(39-56-47-132-73-32-20-18-26-60(56)73)87(128)111(9)72(30-13-11-2)89(130)110(70)8/h14-20,23-27,32,42-43,47,50-52,54,62-72,97,113H,10-13,21-22,28-31,33-41,44-46,48-49H2,1-9H3,(H2,91,115)(H2,92,116)(H,95,99)(H,98,120)(H,100,117)(H,101,124)(H,102,125)(H,103,118)(H,104,122)(H,105,123)(H,106,119)(H,107,121)(H4,93,94,96)/t52-,54+,62-,63-,64-,65-,66-,67-,68-,69-,70-,71-,72-/m0/s1. The molecule has 5 heterocycles. The van der Waals surface area contributed by atoms with Crippen molar-refractivity contribution in [3.63, 3.8) is 0 Å². The maximum absolute atomic E-state index is 15.7. The highest BCUT2D eigenvalue weighted by Crippen LogP contribution is 2.30. The quantitative estimate of drug-likeness (QED) is 0.0188. The van der Waals surface area contributed by atoms with Gasteiger partial charge in [-0.25, -0.2) is 4.98 Å². The first kappa shape index (κ1) is 105. The number of nitrogens with zero attached hydrogens (tertiary/aromatic N) is 6. The molecule has 6 aromatic rings. The number of Topliss-reactive ketones (excluding diaryl/α,β-unsaturated/α-hetero) is 1. The summed E-state index contributed by atoms with van der Waals surface area (Å²) >= 11 is 2.17. The number of aliphatic hydroxyl groups is 1. The van der Waals surface area contributed by atoms with Crippen molar-refractivity contribution in [1.82, 2.24) is 92.6 Å². The lowest BCUT2D eigenvalue weighted by molar-refractivity contribution is -0.149. The highest BCUT2D eigenvalue weighted by Gasteiger charge is 2.44. The summed E-state index contributed by atoms with van der Waals surface area (Å²) in [6, 6.07) is 4.99. The number of hydrogen-bond donors (Lipinski definition) is 17. The molecule has 40 nitrogen and oxygen atoms in total. The predicted octanol–water partition coefficient (Wildman–Crippen LogP) is -0.314. The topological polar surface area (TPSA) is 593 Å². The first-order valence-corrected chi connectivity index (χ1v) is 46.4. The van der Waals surface area contributed by atoms with Crippen LogP contribution in [0, 0.1) is 17.2 Å². The van der Waals surface area contributed by atoms with Crippen molar-refractivity contribution in [1.29, 1.82) is 5.41 Å². The molecule has 20 N–H and O–H groups in total. The number of likely N-dealkylation sites (N-methyl/N-ethyl adjacent to an activating group) is 4. The second-order valence-corrected chi connectivity index (χ2v) is 35.8. The average molecular weight is 1870 g/mol. The Bertz CT molecular complexity index is 5050. The Labute approximate surface area is 774 Å². The van der Waals surface area contributed by atoms with Crippen molar-refractivity contribution in [3.05, 3.63) is 125 Å². The first-order valence-electron chi connectivity index (χ1n) is 44.3. The molecule has 13 atom stereocenters. The van der Waals surface area contributed by atoms with Gasteiger partial charge in [-0.3, -0.25) is 86.9 Å². The Morgan fingerprint density at radius 2 is 1.20 bits per heavy atom. The van der Waals surface area contributed by atoms with E-state index in [1.807, 2.05) is 37.4 Å². The predicted molar refractivity (Wildman–Crippen MR) is 494 cm³/mol. The van der Waals surface area contributed by atoms with Crippen molar-refractivity contribution in [2.45, 2.75) is 216 Å². The number of aromatic amines is 2. The van der Waals surface area contributed by atoms with Gasteiger partial charge < -0.3 is 110 Å². The van der Waals surface area contributed by atoms with Gasteiger partial charge in [-0.05, 0) is 104 Å². The van der Waals surface area contributed by atoms with E-state index in [0.29, 0.717) is 59.0 Å². The molecule has 2 aliphatic rings. The molecule has 0 radical (unpaired) electrons. The Kier molecular flexibility index (Phi) is 40.4. The zero-order chi connectivity index (χ0) is 96.6. The molecule has 0 spiro atoms. The number of aromatic nitrogens is 3. The summed E-state index contributed by atoms with van der Waals surface area (Å²) in [4.78, 5) is 264. The van der Waals surface area contributed by atoms with Crippen LogP contribution in [0.25, 0.3) is 21.0 Å². The molecule has 0 bridgehead atoms. The minimum Gasteiger partial charge on any atom is -0.394 e. The lowest BCUT2D eigenvalue weighted by Crippen LogP contribution is -2.61. The van der Waals surface area contributed by atoms with E-state index in [9.17, 15) is 62.6 Å². The summed E-state index contributed by atoms with van der Waals surface area (Å²) in [7, 11) is 5.33. The Hall–Kier alpha value is -12.9. The van der Waals surface area contributed by atoms with Crippen LogP contribution in [0.2, 0.25) is 0 Å². The number of benzene rings is 3. The van der Waals surface area contributed by atoms with Crippen molar-refractivity contribution in [2.75, 3.05) is 72.5 Å². The summed E-state index contributed by atoms with van der Waals surface area (Å²) in [5.74, 6) is -17.8. The molecule has 42 heteroatoms. The summed E-state index contributed by atoms with van der Waals surface area (Å²) in [6.07, 6.45) is 4.17. The number of ketones is 1. The van der Waals surface area contributed by atoms with E-state index in [2.05, 4.69) is 68.1 Å². The van der Waals surface area contributed by atoms with E-state index < -0.39 is 229 Å². The number of aliphatic hydroxyl groups excluding tert-OH is 1. The summed E-state index contributed by atoms with van der Waals surface area (Å²) in [6.45, 7) is 6.14. The monoisotopic (exact) mass is 1870 g/mol. The minimum atomic E-state index is -1.80. The van der Waals surface area contributed by atoms with Crippen LogP contribution in [-0.2, 0) is 107 Å². The van der Waals surface area contributed by atoms with Crippen LogP contribution < -0.4 is 70.4 Å². The summed E-state index contributed by atoms with van der Waals surface area (Å²) in [5.41, 5.74) is 19.6. The van der Waals surface area contributed by atoms with Gasteiger partial charge in [0, 0.05) is 112 Å². The molecule has 716 valence electrons. The van der Waals surface area contributed by atoms with E-state index in [0.717, 1.165) is 36.5 Å². The number of primary amides is 2. The second kappa shape index (κ2) is 51.1. The lowest BCUT2D eigenvalue weighted by atomic mass is 9.92. The third-order valence-electron chi connectivity index (χ3n) is 23.3. The maximum atomic E-state index is 15.7. The smallest absolute Gasteiger partial charge is 0.246 e. The molecule has 3 aromatic carbocycles. The van der Waals surface area contributed by atoms with E-state index >= 15 is 24.0 Å². The largest absolute Gasteiger partial charge is 0.394 e. The number of thiophene rings is 1. The van der Waals surface area contributed by atoms with Crippen molar-refractivity contribution >= 4 is 150 Å². The minimum absolute atomic E-state index is 0.00265. The van der Waals surface area contributed by atoms with Gasteiger partial charge in [0.15, 0.2) is 11.7 Å². The summed E-state index contributed by atoms with van der Waals surface area (Å²) in [5, 5.41) is 48.9. The highest BCUT2D eigenvalue weighted by atomic mass is 32.2. The zero-order valence-electron chi connectivity index (χ0n) is 76.0. The van der Waals surface area contributed by atoms with Gasteiger partial charge >= 0.3 is 0 Å². The van der Waals surface area contributed by atoms with E-state index in [1.54, 1.807) is 80.7 Å². The summed E-state index contributed by atoms with van der Waals surface area (Å²) < 4.78 is 0.833. The molecule has 0 saturated carbocycles. The number of nitrogens with one attached hydrogen (secondary N) is 13. The number of unbranched alkanes of at least 4 members (excludes halogenated alkanes) is 2. The second-order valence-electron chi connectivity index (χ2n) is 33.9. The number of rotatable bonds is 26. The fraction of sp³-hybridized carbons (Fsp3) is 0.522. The maximum Gasteiger partial charge on any atom is 0.246 e. The number of guanidine groups is 1. The molecule has 0 unspecified atom stereocenters. The SMILES string of the molecule is CCCC[C@H]1C(=O)N(C)[C@@H](CCCC)C(=O)N[C@@H](CCCNC(=N)N)C(=O)N[C@H](C(=O)NCC(N)=O)CSCC(=O)N[C@@H](Cc2ccccc2)C(=O)N(C)[C@@H](C)C(=O)N[C@@H](CC(N)=O)C(=O)N2CCC[C@H]2C(=O)N[C@@H](Cc2cnc[nH]2)C(=O)N[C@@H](CC(C)C)C(=O)N(C)CC(=O)C[C@@H](Cc2c[nH]c3ccccc23)C(=O)N[C@@H](CO)C(=O)N[C@@H](Cc2csc3ccccc23)C(=O)N1C. The van der Waals surface area contributed by atoms with E-state index in [-0.39, 0.29) is 89.6 Å². The van der Waals surface area contributed by atoms with Gasteiger partial charge in [0.2, 0.25) is 94.5 Å². The number of carbonyl (C=O) groups excluding carboxylic acids is 17. The fourth-order valence-corrected chi connectivity index (χ4v) is 17.8. The number of H-pyrrole nitrogens is 2. The number of nitrogens with two attached hydrogens (primary N) is 3. The number of thioether (sulfide) groups is 1. The molecular weight excluding hydrogens is 1740 g/mol. The highest BCUT2D eigenvalue weighted by molar-refractivity contribution is 8.00.